The highest BCUT2D eigenvalue weighted by Crippen LogP contribution is 2.22. The number of nitrogens with zero attached hydrogens (tertiary/aromatic N) is 2. The van der Waals surface area contributed by atoms with Gasteiger partial charge >= 0.3 is 6.18 Å². The number of hydrogen-bond donors (Lipinski definition) is 0. The molecule has 0 N–H and O–H groups in total. The van der Waals surface area contributed by atoms with E-state index in [0.29, 0.717) is 0 Å². The van der Waals surface area contributed by atoms with Gasteiger partial charge in [0.25, 0.3) is 0 Å². The van der Waals surface area contributed by atoms with Crippen LogP contribution >= 0.6 is 15.9 Å². The van der Waals surface area contributed by atoms with Gasteiger partial charge in [-0.3, -0.25) is 4.90 Å². The fourth-order valence-corrected chi connectivity index (χ4v) is 3.82. The second-order valence-corrected chi connectivity index (χ2v) is 7.60. The normalized spacial score (nSPS) is 18.9. The average molecular weight is 387 g/mol. The Morgan fingerprint density at radius 3 is 2.05 bits per heavy atom. The fourth-order valence-electron chi connectivity index (χ4n) is 2.14. The Hall–Kier alpha value is -0.640. The molecule has 1 aliphatic heterocycles. The Bertz CT molecular complexity index is 582. The largest absolute Gasteiger partial charge is 0.401 e. The molecule has 0 amide bonds. The van der Waals surface area contributed by atoms with Crippen LogP contribution in [0, 0.1) is 0 Å². The first kappa shape index (κ1) is 16.7. The van der Waals surface area contributed by atoms with E-state index in [-0.39, 0.29) is 31.1 Å². The van der Waals surface area contributed by atoms with Crippen LogP contribution in [0.1, 0.15) is 0 Å². The van der Waals surface area contributed by atoms with Crippen LogP contribution in [-0.4, -0.2) is 56.5 Å². The van der Waals surface area contributed by atoms with Crippen molar-refractivity contribution in [3.8, 4) is 0 Å². The lowest BCUT2D eigenvalue weighted by Crippen LogP contribution is -2.50. The molecule has 1 aromatic carbocycles. The molecular weight excluding hydrogens is 373 g/mol. The molecule has 0 aromatic heterocycles. The maximum absolute atomic E-state index is 12.4. The van der Waals surface area contributed by atoms with E-state index in [4.69, 9.17) is 0 Å². The van der Waals surface area contributed by atoms with Crippen molar-refractivity contribution in [1.29, 1.82) is 0 Å². The maximum Gasteiger partial charge on any atom is 0.401 e. The lowest BCUT2D eigenvalue weighted by molar-refractivity contribution is -0.148. The minimum absolute atomic E-state index is 0.0640. The Morgan fingerprint density at radius 2 is 1.57 bits per heavy atom. The smallest absolute Gasteiger partial charge is 0.292 e. The van der Waals surface area contributed by atoms with Gasteiger partial charge in [-0.05, 0) is 24.3 Å². The first-order valence-electron chi connectivity index (χ1n) is 6.23. The van der Waals surface area contributed by atoms with Gasteiger partial charge in [-0.2, -0.15) is 17.5 Å². The van der Waals surface area contributed by atoms with Crippen molar-refractivity contribution >= 4 is 26.0 Å². The van der Waals surface area contributed by atoms with E-state index in [1.54, 1.807) is 12.1 Å². The van der Waals surface area contributed by atoms with Crippen LogP contribution in [0.3, 0.4) is 0 Å². The molecule has 1 saturated heterocycles. The quantitative estimate of drug-likeness (QED) is 0.800. The molecule has 118 valence electrons. The summed E-state index contributed by atoms with van der Waals surface area (Å²) in [4.78, 5) is 1.36. The monoisotopic (exact) mass is 386 g/mol. The molecule has 0 radical (unpaired) electrons. The van der Waals surface area contributed by atoms with Crippen molar-refractivity contribution in [3.05, 3.63) is 28.7 Å². The summed E-state index contributed by atoms with van der Waals surface area (Å²) >= 11 is 3.22. The Morgan fingerprint density at radius 1 is 1.05 bits per heavy atom. The highest BCUT2D eigenvalue weighted by Gasteiger charge is 2.34. The summed E-state index contributed by atoms with van der Waals surface area (Å²) in [5.74, 6) is 0. The summed E-state index contributed by atoms with van der Waals surface area (Å²) in [5.41, 5.74) is 0. The summed E-state index contributed by atoms with van der Waals surface area (Å²) in [6.07, 6.45) is -4.26. The molecule has 0 unspecified atom stereocenters. The second kappa shape index (κ2) is 6.23. The van der Waals surface area contributed by atoms with Crippen LogP contribution in [0.25, 0.3) is 0 Å². The van der Waals surface area contributed by atoms with E-state index < -0.39 is 22.7 Å². The number of alkyl halides is 3. The van der Waals surface area contributed by atoms with Crippen molar-refractivity contribution in [2.24, 2.45) is 0 Å². The molecule has 21 heavy (non-hydrogen) atoms. The van der Waals surface area contributed by atoms with Gasteiger partial charge in [-0.1, -0.05) is 15.9 Å². The van der Waals surface area contributed by atoms with Crippen molar-refractivity contribution in [1.82, 2.24) is 9.21 Å². The van der Waals surface area contributed by atoms with Gasteiger partial charge in [0.05, 0.1) is 11.4 Å². The number of hydrogen-bond acceptors (Lipinski definition) is 3. The Labute approximate surface area is 129 Å². The molecule has 1 aromatic rings. The van der Waals surface area contributed by atoms with E-state index in [0.717, 1.165) is 4.47 Å². The highest BCUT2D eigenvalue weighted by molar-refractivity contribution is 9.10. The van der Waals surface area contributed by atoms with Crippen molar-refractivity contribution < 1.29 is 21.6 Å². The molecule has 1 aliphatic rings. The SMILES string of the molecule is O=S(=O)(c1ccc(Br)cc1)N1CCN(CC(F)(F)F)CC1. The van der Waals surface area contributed by atoms with Crippen LogP contribution in [0.5, 0.6) is 0 Å². The summed E-state index contributed by atoms with van der Waals surface area (Å²) in [5, 5.41) is 0. The fraction of sp³-hybridized carbons (Fsp3) is 0.500. The zero-order chi connectivity index (χ0) is 15.7. The van der Waals surface area contributed by atoms with Crippen LogP contribution in [0.15, 0.2) is 33.6 Å². The third-order valence-corrected chi connectivity index (χ3v) is 5.63. The van der Waals surface area contributed by atoms with Crippen molar-refractivity contribution in [3.63, 3.8) is 0 Å². The van der Waals surface area contributed by atoms with Crippen LogP contribution in [0.4, 0.5) is 13.2 Å². The molecule has 4 nitrogen and oxygen atoms in total. The predicted octanol–water partition coefficient (Wildman–Crippen LogP) is 2.32. The molecule has 0 bridgehead atoms. The Balaban J connectivity index is 2.03. The first-order valence-corrected chi connectivity index (χ1v) is 8.47. The van der Waals surface area contributed by atoms with Gasteiger partial charge in [0.1, 0.15) is 0 Å². The summed E-state index contributed by atoms with van der Waals surface area (Å²) < 4.78 is 63.6. The van der Waals surface area contributed by atoms with E-state index in [1.807, 2.05) is 0 Å². The molecule has 0 atom stereocenters. The van der Waals surface area contributed by atoms with Gasteiger partial charge in [0.2, 0.25) is 10.0 Å². The third kappa shape index (κ3) is 4.41. The lowest BCUT2D eigenvalue weighted by Gasteiger charge is -2.34. The molecule has 2 rings (SSSR count). The van der Waals surface area contributed by atoms with Gasteiger partial charge in [0.15, 0.2) is 0 Å². The summed E-state index contributed by atoms with van der Waals surface area (Å²) in [6, 6.07) is 6.18. The van der Waals surface area contributed by atoms with Gasteiger partial charge < -0.3 is 0 Å². The minimum atomic E-state index is -4.26. The van der Waals surface area contributed by atoms with Crippen LogP contribution < -0.4 is 0 Å². The first-order chi connectivity index (χ1) is 9.68. The predicted molar refractivity (Wildman–Crippen MR) is 75.4 cm³/mol. The highest BCUT2D eigenvalue weighted by atomic mass is 79.9. The number of halogens is 4. The van der Waals surface area contributed by atoms with Gasteiger partial charge in [-0.15, -0.1) is 0 Å². The van der Waals surface area contributed by atoms with E-state index in [9.17, 15) is 21.6 Å². The maximum atomic E-state index is 12.4. The van der Waals surface area contributed by atoms with E-state index in [2.05, 4.69) is 15.9 Å². The van der Waals surface area contributed by atoms with Crippen molar-refractivity contribution in [2.75, 3.05) is 32.7 Å². The van der Waals surface area contributed by atoms with Crippen LogP contribution in [0.2, 0.25) is 0 Å². The van der Waals surface area contributed by atoms with Gasteiger partial charge in [-0.25, -0.2) is 8.42 Å². The van der Waals surface area contributed by atoms with Gasteiger partial charge in [0, 0.05) is 30.7 Å². The zero-order valence-electron chi connectivity index (χ0n) is 11.0. The lowest BCUT2D eigenvalue weighted by atomic mass is 10.3. The molecular formula is C12H14BrF3N2O2S. The number of rotatable bonds is 3. The van der Waals surface area contributed by atoms with E-state index in [1.165, 1.54) is 21.3 Å². The number of piperazine rings is 1. The van der Waals surface area contributed by atoms with Crippen LogP contribution in [-0.2, 0) is 10.0 Å². The molecule has 1 fully saturated rings. The topological polar surface area (TPSA) is 40.6 Å². The molecule has 1 heterocycles. The summed E-state index contributed by atoms with van der Waals surface area (Å²) in [7, 11) is -3.64. The minimum Gasteiger partial charge on any atom is -0.292 e. The second-order valence-electron chi connectivity index (χ2n) is 4.75. The average Bonchev–Trinajstić information content (AvgIpc) is 2.38. The zero-order valence-corrected chi connectivity index (χ0v) is 13.4. The molecule has 9 heteroatoms. The molecule has 0 saturated carbocycles. The molecule has 0 aliphatic carbocycles. The number of sulfonamides is 1. The van der Waals surface area contributed by atoms with Crippen molar-refractivity contribution in [2.45, 2.75) is 11.1 Å². The third-order valence-electron chi connectivity index (χ3n) is 3.19. The Kier molecular flexibility index (Phi) is 4.96. The standard InChI is InChI=1S/C12H14BrF3N2O2S/c13-10-1-3-11(4-2-10)21(19,20)18-7-5-17(6-8-18)9-12(14,15)16/h1-4H,5-9H2. The summed E-state index contributed by atoms with van der Waals surface area (Å²) in [6.45, 7) is -0.716. The molecule has 0 spiro atoms. The van der Waals surface area contributed by atoms with E-state index >= 15 is 0 Å². The number of benzene rings is 1.